The van der Waals surface area contributed by atoms with Crippen molar-refractivity contribution < 1.29 is 145 Å². The minimum Gasteiger partial charge on any atom is -0.494 e. The fourth-order valence-corrected chi connectivity index (χ4v) is 20.3. The summed E-state index contributed by atoms with van der Waals surface area (Å²) in [6.07, 6.45) is 9.42. The minimum atomic E-state index is -5.27. The number of nitrogens with one attached hydrogen (secondary N) is 15. The summed E-state index contributed by atoms with van der Waals surface area (Å²) in [5, 5.41) is 86.5. The predicted octanol–water partition coefficient (Wildman–Crippen LogP) is -4.03. The number of hydrogen-bond donors (Lipinski definition) is 22. The zero-order valence-electron chi connectivity index (χ0n) is 81.0. The summed E-state index contributed by atoms with van der Waals surface area (Å²) >= 11 is 0. The van der Waals surface area contributed by atoms with E-state index in [4.69, 9.17) is 9.47 Å². The summed E-state index contributed by atoms with van der Waals surface area (Å²) in [4.78, 5) is 203. The number of carboxylic acids is 5. The van der Waals surface area contributed by atoms with E-state index in [1.54, 1.807) is 70.8 Å². The molecule has 1 fully saturated rings. The van der Waals surface area contributed by atoms with Crippen molar-refractivity contribution in [1.29, 1.82) is 0 Å². The van der Waals surface area contributed by atoms with Gasteiger partial charge in [-0.2, -0.15) is 36.5 Å². The first-order chi connectivity index (χ1) is 70.0. The highest BCUT2D eigenvalue weighted by Gasteiger charge is 2.37. The van der Waals surface area contributed by atoms with Crippen LogP contribution in [0.5, 0.6) is 11.5 Å². The molecule has 0 aliphatic carbocycles. The standard InChI is InChI=1S/C88H121N25O31S4/c1-54-37-62(38-55(2)78(54)147(139,140)106-65(85(129)130)46-99-80(124)58-11-13-69-60(41-58)44-101-112(69)25-7-15-93-87-95-21-22-96-87)143-35-5-9-71(114)89-17-19-91-82(126)67(52-145(133,134)135)104-73(116)43-64(103-74(117)48-108-27-29-109(49-75(118)119)31-33-111(51-77(122)123)34-32-110(30-28-108)50-76(120)121)84(128)105-68(53-146(136,137)138)83(127)92-20-18-90-72(115)10-6-36-144-63-39-56(3)79(57(4)40-63)148(141,142)107-66(86(131)132)47-100-81(125)59-12-14-70-61(42-59)45-102-113(70)26-8-16-94-88-97-23-24-98-88/h11-14,21-24,37-42,44-45,64-68,106-107H,5-10,15-20,25-36,43,46-53H2,1-4H3,(H,89,114)(H,90,115)(H,91,126)(H,92,127)(H,99,124)(H,100,125)(H,103,117)(H,104,116)(H,105,128)(H,118,119)(H,120,121)(H,122,123)(H,129,130)(H,131,132)(H2,93,95,96)(H2,94,97,98)(H,133,134,135)(H,136,137,138)/t64-,65+,66+,67-,68-/m0/s1. The normalized spacial score (nSPS) is 14.3. The average molecular weight is 2150 g/mol. The first-order valence-electron chi connectivity index (χ1n) is 46.4. The van der Waals surface area contributed by atoms with Gasteiger partial charge in [0.2, 0.25) is 61.4 Å². The number of nitrogens with zero attached hydrogens (tertiary/aromatic N) is 10. The van der Waals surface area contributed by atoms with E-state index in [0.717, 1.165) is 11.0 Å². The molecule has 0 spiro atoms. The molecule has 1 saturated heterocycles. The van der Waals surface area contributed by atoms with Crippen LogP contribution in [-0.2, 0) is 111 Å². The molecule has 4 aromatic heterocycles. The Kier molecular flexibility index (Phi) is 44.2. The van der Waals surface area contributed by atoms with Gasteiger partial charge in [0, 0.05) is 177 Å². The van der Waals surface area contributed by atoms with Crippen LogP contribution in [-0.4, -0.2) is 396 Å². The largest absolute Gasteiger partial charge is 0.494 e. The molecule has 1 aliphatic heterocycles. The van der Waals surface area contributed by atoms with E-state index >= 15 is 0 Å². The molecule has 1 aliphatic rings. The fraction of sp³-hybridized carbons (Fsp3) is 0.477. The minimum absolute atomic E-state index is 0.0153. The Hall–Kier alpha value is -14.5. The quantitative estimate of drug-likeness (QED) is 0.0127. The number of anilines is 2. The number of H-pyrrole nitrogens is 2. The third-order valence-electron chi connectivity index (χ3n) is 22.6. The lowest BCUT2D eigenvalue weighted by atomic mass is 10.1. The van der Waals surface area contributed by atoms with Crippen LogP contribution in [0.2, 0.25) is 0 Å². The second kappa shape index (κ2) is 55.9. The van der Waals surface area contributed by atoms with Gasteiger partial charge in [-0.15, -0.1) is 0 Å². The first kappa shape index (κ1) is 117. The summed E-state index contributed by atoms with van der Waals surface area (Å²) in [5.74, 6) is -18.1. The Morgan fingerprint density at radius 1 is 0.405 bits per heavy atom. The Morgan fingerprint density at radius 3 is 1.11 bits per heavy atom. The van der Waals surface area contributed by atoms with E-state index in [2.05, 4.69) is 87.4 Å². The highest BCUT2D eigenvalue weighted by atomic mass is 32.2. The number of aromatic amines is 2. The van der Waals surface area contributed by atoms with Crippen molar-refractivity contribution in [3.63, 3.8) is 0 Å². The Balaban J connectivity index is 0.764. The highest BCUT2D eigenvalue weighted by molar-refractivity contribution is 7.90. The maximum Gasteiger partial charge on any atom is 0.323 e. The van der Waals surface area contributed by atoms with Crippen molar-refractivity contribution in [1.82, 2.24) is 116 Å². The number of fused-ring (bicyclic) bond motifs is 2. The summed E-state index contributed by atoms with van der Waals surface area (Å²) in [7, 11) is -19.7. The van der Waals surface area contributed by atoms with E-state index in [0.29, 0.717) is 61.7 Å². The number of amides is 9. The number of sulfonamides is 2. The second-order valence-electron chi connectivity index (χ2n) is 34.4. The molecular weight excluding hydrogens is 2030 g/mol. The van der Waals surface area contributed by atoms with E-state index in [1.807, 2.05) is 10.6 Å². The Labute approximate surface area is 848 Å². The van der Waals surface area contributed by atoms with Gasteiger partial charge in [0.15, 0.2) is 11.9 Å². The van der Waals surface area contributed by atoms with Gasteiger partial charge in [-0.05, 0) is 136 Å². The average Bonchev–Trinajstić information content (AvgIpc) is 0.957. The van der Waals surface area contributed by atoms with Gasteiger partial charge in [-0.3, -0.25) is 105 Å². The monoisotopic (exact) mass is 2150 g/mol. The number of benzene rings is 4. The number of aryl methyl sites for hydroxylation is 6. The molecule has 148 heavy (non-hydrogen) atoms. The lowest BCUT2D eigenvalue weighted by Gasteiger charge is -2.33. The van der Waals surface area contributed by atoms with E-state index < -0.39 is 224 Å². The number of carbonyl (C=O) groups is 14. The number of hydrogen-bond acceptors (Lipinski definition) is 34. The summed E-state index contributed by atoms with van der Waals surface area (Å²) < 4.78 is 145. The van der Waals surface area contributed by atoms with Gasteiger partial charge >= 0.3 is 29.8 Å². The Morgan fingerprint density at radius 2 is 0.764 bits per heavy atom. The number of aromatic nitrogens is 8. The summed E-state index contributed by atoms with van der Waals surface area (Å²) in [5.41, 5.74) is 2.29. The maximum absolute atomic E-state index is 14.5. The molecule has 0 radical (unpaired) electrons. The van der Waals surface area contributed by atoms with Crippen LogP contribution < -0.4 is 77.4 Å². The number of imidazole rings is 2. The van der Waals surface area contributed by atoms with Crippen LogP contribution in [0.1, 0.15) is 87.9 Å². The third-order valence-corrected chi connectivity index (χ3v) is 27.7. The molecule has 4 aromatic carbocycles. The molecule has 8 aromatic rings. The molecule has 0 unspecified atom stereocenters. The van der Waals surface area contributed by atoms with Crippen molar-refractivity contribution in [2.75, 3.05) is 166 Å². The third kappa shape index (κ3) is 39.0. The molecule has 9 rings (SSSR count). The zero-order chi connectivity index (χ0) is 108. The number of ether oxygens (including phenoxy) is 2. The lowest BCUT2D eigenvalue weighted by Crippen LogP contribution is -2.58. The molecule has 60 heteroatoms. The van der Waals surface area contributed by atoms with Crippen molar-refractivity contribution in [2.45, 2.75) is 126 Å². The van der Waals surface area contributed by atoms with Crippen LogP contribution >= 0.6 is 0 Å². The molecule has 56 nitrogen and oxygen atoms in total. The van der Waals surface area contributed by atoms with Crippen LogP contribution in [0.15, 0.2) is 108 Å². The number of aliphatic carboxylic acids is 5. The van der Waals surface area contributed by atoms with Crippen molar-refractivity contribution in [3.05, 3.63) is 131 Å². The van der Waals surface area contributed by atoms with Gasteiger partial charge in [-0.25, -0.2) is 26.8 Å². The van der Waals surface area contributed by atoms with E-state index in [9.17, 15) is 135 Å². The summed E-state index contributed by atoms with van der Waals surface area (Å²) in [6, 6.07) is 4.47. The molecule has 5 heterocycles. The Bertz CT molecular complexity index is 6440. The van der Waals surface area contributed by atoms with E-state index in [1.165, 1.54) is 83.7 Å². The van der Waals surface area contributed by atoms with Crippen LogP contribution in [0, 0.1) is 27.7 Å². The zero-order valence-corrected chi connectivity index (χ0v) is 84.3. The van der Waals surface area contributed by atoms with Crippen LogP contribution in [0.4, 0.5) is 11.9 Å². The topological polar surface area (TPSA) is 798 Å². The fourth-order valence-electron chi connectivity index (χ4n) is 15.7. The number of rotatable bonds is 60. The number of carbonyl (C=O) groups excluding carboxylic acids is 9. The molecule has 22 N–H and O–H groups in total. The lowest BCUT2D eigenvalue weighted by molar-refractivity contribution is -0.140. The van der Waals surface area contributed by atoms with Gasteiger partial charge in [0.1, 0.15) is 53.2 Å². The molecule has 0 bridgehead atoms. The van der Waals surface area contributed by atoms with Gasteiger partial charge in [0.05, 0.1) is 79.0 Å². The summed E-state index contributed by atoms with van der Waals surface area (Å²) in [6.45, 7) is 1.45. The highest BCUT2D eigenvalue weighted by Crippen LogP contribution is 2.29. The second-order valence-corrected chi connectivity index (χ2v) is 40.7. The van der Waals surface area contributed by atoms with Crippen molar-refractivity contribution >= 4 is 157 Å². The number of carboxylic acid groups (broad SMARTS) is 5. The molecule has 9 amide bonds. The van der Waals surface area contributed by atoms with Gasteiger partial charge in [0.25, 0.3) is 32.1 Å². The molecule has 808 valence electrons. The van der Waals surface area contributed by atoms with Crippen molar-refractivity contribution in [2.24, 2.45) is 0 Å². The van der Waals surface area contributed by atoms with Crippen LogP contribution in [0.25, 0.3) is 21.8 Å². The van der Waals surface area contributed by atoms with Gasteiger partial charge in [-0.1, -0.05) is 0 Å². The van der Waals surface area contributed by atoms with Crippen LogP contribution in [0.3, 0.4) is 0 Å². The predicted molar refractivity (Wildman–Crippen MR) is 526 cm³/mol. The molecule has 5 atom stereocenters. The van der Waals surface area contributed by atoms with E-state index in [-0.39, 0.29) is 159 Å². The first-order valence-corrected chi connectivity index (χ1v) is 52.6. The van der Waals surface area contributed by atoms with Crippen molar-refractivity contribution in [3.8, 4) is 11.5 Å². The molecular formula is C88H121N25O31S4. The SMILES string of the molecule is Cc1cc(OCCCC(=O)NCCNC(=O)[C@H](CS(=O)(=O)O)NC(=O)C[C@H](NC(=O)CN2CCN(CC(=O)O)CCN(CC(=O)O)CCN(CC(=O)O)CC2)C(=O)N[C@@H](CS(=O)(=O)O)C(=O)NCCNC(=O)CCCOc2cc(C)c(S(=O)(=O)N[C@H](CNC(=O)c3ccc4c(cnn4CCCNc4ncc[nH]4)c3)C(=O)O)c(C)c2)cc(C)c1S(=O)(=O)N[C@H](CNC(=O)c1ccc2c(cnn2CCCNc2ncc[nH]2)c1)C(=O)O. The smallest absolute Gasteiger partial charge is 0.323 e. The molecule has 0 saturated carbocycles. The van der Waals surface area contributed by atoms with Gasteiger partial charge < -0.3 is 103 Å². The maximum atomic E-state index is 14.5.